The summed E-state index contributed by atoms with van der Waals surface area (Å²) in [5.41, 5.74) is 2.79. The third-order valence-electron chi connectivity index (χ3n) is 2.87. The highest BCUT2D eigenvalue weighted by Crippen LogP contribution is 2.32. The molecule has 2 rings (SSSR count). The smallest absolute Gasteiger partial charge is 0.200 e. The second-order valence-electron chi connectivity index (χ2n) is 4.10. The van der Waals surface area contributed by atoms with Gasteiger partial charge >= 0.3 is 0 Å². The first-order chi connectivity index (χ1) is 9.77. The van der Waals surface area contributed by atoms with Crippen LogP contribution < -0.4 is 5.73 Å². The molecule has 0 fully saturated rings. The van der Waals surface area contributed by atoms with Crippen molar-refractivity contribution in [2.24, 2.45) is 5.73 Å². The third-order valence-corrected chi connectivity index (χ3v) is 2.87. The van der Waals surface area contributed by atoms with Gasteiger partial charge < -0.3 is 5.73 Å². The Balaban J connectivity index is 2.73. The topological polar surface area (TPSA) is 26.0 Å². The summed E-state index contributed by atoms with van der Waals surface area (Å²) in [7, 11) is 0. The summed E-state index contributed by atoms with van der Waals surface area (Å²) in [6, 6.07) is 0.240. The van der Waals surface area contributed by atoms with E-state index in [1.807, 2.05) is 0 Å². The quantitative estimate of drug-likeness (QED) is 0.511. The van der Waals surface area contributed by atoms with Gasteiger partial charge in [-0.2, -0.15) is 0 Å². The van der Waals surface area contributed by atoms with Crippen LogP contribution in [0.4, 0.5) is 30.7 Å². The minimum Gasteiger partial charge on any atom is -0.320 e. The predicted molar refractivity (Wildman–Crippen MR) is 58.6 cm³/mol. The van der Waals surface area contributed by atoms with Crippen LogP contribution in [0.15, 0.2) is 18.2 Å². The highest BCUT2D eigenvalue weighted by atomic mass is 19.2. The second kappa shape index (κ2) is 5.36. The molecule has 2 aromatic rings. The van der Waals surface area contributed by atoms with Crippen LogP contribution in [0, 0.1) is 40.7 Å². The molecule has 2 aromatic carbocycles. The van der Waals surface area contributed by atoms with Crippen LogP contribution >= 0.6 is 0 Å². The summed E-state index contributed by atoms with van der Waals surface area (Å²) in [5, 5.41) is 0. The van der Waals surface area contributed by atoms with Crippen molar-refractivity contribution in [1.29, 1.82) is 0 Å². The lowest BCUT2D eigenvalue weighted by Gasteiger charge is -2.17. The van der Waals surface area contributed by atoms with Gasteiger partial charge in [-0.15, -0.1) is 0 Å². The Hall–Kier alpha value is -2.09. The van der Waals surface area contributed by atoms with Crippen LogP contribution in [-0.2, 0) is 0 Å². The fourth-order valence-corrected chi connectivity index (χ4v) is 1.85. The molecule has 8 heteroatoms. The van der Waals surface area contributed by atoms with Gasteiger partial charge in [0.2, 0.25) is 5.82 Å². The van der Waals surface area contributed by atoms with Crippen molar-refractivity contribution >= 4 is 0 Å². The van der Waals surface area contributed by atoms with Gasteiger partial charge in [0, 0.05) is 5.56 Å². The standard InChI is InChI=1S/C13H6F7N/c14-4-2-1-3-5(15)6(4)13(21)7-8(16)10(18)12(20)11(19)9(7)17/h1-3,13H,21H2. The maximum Gasteiger partial charge on any atom is 0.200 e. The van der Waals surface area contributed by atoms with E-state index >= 15 is 0 Å². The van der Waals surface area contributed by atoms with E-state index in [0.717, 1.165) is 18.2 Å². The van der Waals surface area contributed by atoms with Crippen LogP contribution in [0.5, 0.6) is 0 Å². The highest BCUT2D eigenvalue weighted by molar-refractivity contribution is 5.36. The maximum absolute atomic E-state index is 13.6. The van der Waals surface area contributed by atoms with E-state index in [4.69, 9.17) is 5.73 Å². The molecule has 1 atom stereocenters. The van der Waals surface area contributed by atoms with Crippen LogP contribution in [0.3, 0.4) is 0 Å². The average molecular weight is 309 g/mol. The summed E-state index contributed by atoms with van der Waals surface area (Å²) in [5.74, 6) is -13.9. The van der Waals surface area contributed by atoms with Crippen molar-refractivity contribution in [2.45, 2.75) is 6.04 Å². The largest absolute Gasteiger partial charge is 0.320 e. The molecule has 0 spiro atoms. The molecule has 1 unspecified atom stereocenters. The van der Waals surface area contributed by atoms with E-state index in [9.17, 15) is 30.7 Å². The van der Waals surface area contributed by atoms with Crippen molar-refractivity contribution in [3.05, 3.63) is 70.0 Å². The molecular weight excluding hydrogens is 303 g/mol. The number of rotatable bonds is 2. The van der Waals surface area contributed by atoms with Crippen molar-refractivity contribution in [3.63, 3.8) is 0 Å². The van der Waals surface area contributed by atoms with Crippen molar-refractivity contribution in [3.8, 4) is 0 Å². The van der Waals surface area contributed by atoms with Gasteiger partial charge in [0.25, 0.3) is 0 Å². The molecule has 1 nitrogen and oxygen atoms in total. The molecule has 0 radical (unpaired) electrons. The maximum atomic E-state index is 13.6. The van der Waals surface area contributed by atoms with Gasteiger partial charge in [0.05, 0.1) is 11.6 Å². The normalized spacial score (nSPS) is 12.6. The minimum absolute atomic E-state index is 0.740. The van der Waals surface area contributed by atoms with Crippen LogP contribution in [0.1, 0.15) is 17.2 Å². The molecule has 0 saturated carbocycles. The zero-order valence-corrected chi connectivity index (χ0v) is 10.0. The van der Waals surface area contributed by atoms with Crippen LogP contribution in [0.2, 0.25) is 0 Å². The molecular formula is C13H6F7N. The Morgan fingerprint density at radius 3 is 1.43 bits per heavy atom. The first kappa shape index (κ1) is 15.3. The first-order valence-corrected chi connectivity index (χ1v) is 5.48. The Morgan fingerprint density at radius 2 is 1.00 bits per heavy atom. The van der Waals surface area contributed by atoms with Gasteiger partial charge in [-0.25, -0.2) is 30.7 Å². The lowest BCUT2D eigenvalue weighted by atomic mass is 9.97. The third kappa shape index (κ3) is 2.35. The van der Waals surface area contributed by atoms with Crippen LogP contribution in [0.25, 0.3) is 0 Å². The van der Waals surface area contributed by atoms with Crippen molar-refractivity contribution in [2.75, 3.05) is 0 Å². The van der Waals surface area contributed by atoms with Crippen LogP contribution in [-0.4, -0.2) is 0 Å². The summed E-state index contributed by atoms with van der Waals surface area (Å²) < 4.78 is 93.2. The van der Waals surface area contributed by atoms with Gasteiger partial charge in [-0.3, -0.25) is 0 Å². The first-order valence-electron chi connectivity index (χ1n) is 5.48. The average Bonchev–Trinajstić information content (AvgIpc) is 2.43. The number of nitrogens with two attached hydrogens (primary N) is 1. The van der Waals surface area contributed by atoms with Gasteiger partial charge in [0.15, 0.2) is 23.3 Å². The highest BCUT2D eigenvalue weighted by Gasteiger charge is 2.31. The fraction of sp³-hybridized carbons (Fsp3) is 0.0769. The molecule has 0 amide bonds. The lowest BCUT2D eigenvalue weighted by molar-refractivity contribution is 0.365. The Morgan fingerprint density at radius 1 is 0.619 bits per heavy atom. The molecule has 2 N–H and O–H groups in total. The predicted octanol–water partition coefficient (Wildman–Crippen LogP) is 3.71. The van der Waals surface area contributed by atoms with E-state index in [1.54, 1.807) is 0 Å². The molecule has 0 aliphatic carbocycles. The minimum atomic E-state index is -2.38. The number of hydrogen-bond donors (Lipinski definition) is 1. The number of halogens is 7. The number of hydrogen-bond acceptors (Lipinski definition) is 1. The van der Waals surface area contributed by atoms with Crippen molar-refractivity contribution < 1.29 is 30.7 Å². The summed E-state index contributed by atoms with van der Waals surface area (Å²) in [4.78, 5) is 0. The molecule has 0 bridgehead atoms. The van der Waals surface area contributed by atoms with E-state index in [1.165, 1.54) is 0 Å². The second-order valence-corrected chi connectivity index (χ2v) is 4.10. The van der Waals surface area contributed by atoms with Gasteiger partial charge in [-0.1, -0.05) is 6.07 Å². The summed E-state index contributed by atoms with van der Waals surface area (Å²) in [6.07, 6.45) is 0. The van der Waals surface area contributed by atoms with E-state index in [-0.39, 0.29) is 0 Å². The van der Waals surface area contributed by atoms with Crippen molar-refractivity contribution in [1.82, 2.24) is 0 Å². The molecule has 0 aliphatic heterocycles. The SMILES string of the molecule is NC(c1c(F)cccc1F)c1c(F)c(F)c(F)c(F)c1F. The van der Waals surface area contributed by atoms with E-state index in [0.29, 0.717) is 0 Å². The molecule has 0 aliphatic rings. The Bertz CT molecular complexity index is 665. The number of benzene rings is 2. The van der Waals surface area contributed by atoms with E-state index in [2.05, 4.69) is 0 Å². The molecule has 112 valence electrons. The zero-order valence-electron chi connectivity index (χ0n) is 10.0. The molecule has 21 heavy (non-hydrogen) atoms. The molecule has 0 heterocycles. The Kier molecular flexibility index (Phi) is 3.91. The lowest BCUT2D eigenvalue weighted by Crippen LogP contribution is -2.21. The summed E-state index contributed by atoms with van der Waals surface area (Å²) >= 11 is 0. The fourth-order valence-electron chi connectivity index (χ4n) is 1.85. The zero-order chi connectivity index (χ0) is 15.9. The Labute approximate surface area is 113 Å². The monoisotopic (exact) mass is 309 g/mol. The van der Waals surface area contributed by atoms with Gasteiger partial charge in [-0.05, 0) is 12.1 Å². The molecule has 0 saturated heterocycles. The summed E-state index contributed by atoms with van der Waals surface area (Å²) in [6.45, 7) is 0. The molecule has 0 aromatic heterocycles. The van der Waals surface area contributed by atoms with Gasteiger partial charge in [0.1, 0.15) is 11.6 Å². The van der Waals surface area contributed by atoms with E-state index < -0.39 is 57.9 Å².